The van der Waals surface area contributed by atoms with Crippen LogP contribution in [0.1, 0.15) is 12.1 Å². The van der Waals surface area contributed by atoms with Crippen LogP contribution in [-0.4, -0.2) is 55.0 Å². The standard InChI is InChI=1S/C20H19FN6O2/c1-11-6-13-7-12(2-3-14(13)19-26-23-10-27(11)19)18-15(21)8-22-20(25-18)24-16-4-5-29-9-17(16)28/h2-3,6-8,10,16-17,28H,4-5,9H2,1H3,(H,22,24,25)/t16-,17-/m1/s1. The zero-order valence-electron chi connectivity index (χ0n) is 15.7. The van der Waals surface area contributed by atoms with Crippen LogP contribution in [0.25, 0.3) is 27.7 Å². The summed E-state index contributed by atoms with van der Waals surface area (Å²) < 4.78 is 21.7. The molecule has 0 amide bonds. The molecular formula is C20H19FN6O2. The van der Waals surface area contributed by atoms with Crippen LogP contribution in [0.4, 0.5) is 10.3 Å². The number of rotatable bonds is 3. The lowest BCUT2D eigenvalue weighted by Gasteiger charge is -2.28. The molecule has 1 aliphatic rings. The van der Waals surface area contributed by atoms with Crippen LogP contribution in [0.15, 0.2) is 36.8 Å². The summed E-state index contributed by atoms with van der Waals surface area (Å²) in [6, 6.07) is 7.36. The Morgan fingerprint density at radius 3 is 3.07 bits per heavy atom. The first-order chi connectivity index (χ1) is 14.1. The smallest absolute Gasteiger partial charge is 0.223 e. The van der Waals surface area contributed by atoms with Gasteiger partial charge in [0.15, 0.2) is 11.5 Å². The Hall–Kier alpha value is -3.17. The zero-order valence-corrected chi connectivity index (χ0v) is 15.7. The molecule has 2 N–H and O–H groups in total. The molecule has 1 aliphatic heterocycles. The quantitative estimate of drug-likeness (QED) is 0.550. The molecule has 1 aromatic carbocycles. The number of aliphatic hydroxyl groups is 1. The highest BCUT2D eigenvalue weighted by Gasteiger charge is 2.24. The summed E-state index contributed by atoms with van der Waals surface area (Å²) in [6.07, 6.45) is 2.79. The van der Waals surface area contributed by atoms with Crippen LogP contribution in [0.5, 0.6) is 0 Å². The van der Waals surface area contributed by atoms with Crippen molar-refractivity contribution in [2.24, 2.45) is 0 Å². The first-order valence-electron chi connectivity index (χ1n) is 9.38. The van der Waals surface area contributed by atoms with Gasteiger partial charge in [0.1, 0.15) is 12.0 Å². The van der Waals surface area contributed by atoms with Gasteiger partial charge in [-0.3, -0.25) is 4.40 Å². The summed E-state index contributed by atoms with van der Waals surface area (Å²) in [4.78, 5) is 8.40. The number of halogens is 1. The van der Waals surface area contributed by atoms with Crippen LogP contribution < -0.4 is 5.32 Å². The minimum atomic E-state index is -0.657. The van der Waals surface area contributed by atoms with Crippen molar-refractivity contribution < 1.29 is 14.2 Å². The summed E-state index contributed by atoms with van der Waals surface area (Å²) >= 11 is 0. The van der Waals surface area contributed by atoms with Crippen LogP contribution >= 0.6 is 0 Å². The third kappa shape index (κ3) is 3.18. The number of anilines is 1. The number of benzene rings is 1. The van der Waals surface area contributed by atoms with Crippen molar-refractivity contribution >= 4 is 22.4 Å². The highest BCUT2D eigenvalue weighted by molar-refractivity contribution is 5.96. The lowest BCUT2D eigenvalue weighted by atomic mass is 10.0. The Bertz CT molecular complexity index is 1210. The van der Waals surface area contributed by atoms with Gasteiger partial charge >= 0.3 is 0 Å². The van der Waals surface area contributed by atoms with Gasteiger partial charge in [-0.25, -0.2) is 14.4 Å². The summed E-state index contributed by atoms with van der Waals surface area (Å²) in [5.41, 5.74) is 2.57. The first-order valence-corrected chi connectivity index (χ1v) is 9.38. The molecule has 3 aromatic heterocycles. The van der Waals surface area contributed by atoms with E-state index >= 15 is 0 Å². The van der Waals surface area contributed by atoms with Gasteiger partial charge in [-0.05, 0) is 36.9 Å². The predicted molar refractivity (Wildman–Crippen MR) is 105 cm³/mol. The molecule has 0 aliphatic carbocycles. The summed E-state index contributed by atoms with van der Waals surface area (Å²) in [7, 11) is 0. The number of pyridine rings is 1. The van der Waals surface area contributed by atoms with E-state index in [2.05, 4.69) is 25.5 Å². The van der Waals surface area contributed by atoms with Crippen molar-refractivity contribution in [3.05, 3.63) is 48.3 Å². The average molecular weight is 394 g/mol. The Balaban J connectivity index is 1.54. The molecule has 0 unspecified atom stereocenters. The SMILES string of the molecule is Cc1cc2cc(-c3nc(N[C@@H]4CCOC[C@H]4O)ncc3F)ccc2c2nncn12. The highest BCUT2D eigenvalue weighted by Crippen LogP contribution is 2.28. The summed E-state index contributed by atoms with van der Waals surface area (Å²) in [5.74, 6) is -0.237. The molecular weight excluding hydrogens is 375 g/mol. The molecule has 4 aromatic rings. The fourth-order valence-corrected chi connectivity index (χ4v) is 3.70. The number of fused-ring (bicyclic) bond motifs is 3. The molecule has 8 nitrogen and oxygen atoms in total. The van der Waals surface area contributed by atoms with Crippen molar-refractivity contribution in [3.8, 4) is 11.3 Å². The van der Waals surface area contributed by atoms with E-state index in [0.29, 0.717) is 18.6 Å². The maximum Gasteiger partial charge on any atom is 0.223 e. The number of ether oxygens (including phenoxy) is 1. The van der Waals surface area contributed by atoms with E-state index in [-0.39, 0.29) is 24.3 Å². The number of aryl methyl sites for hydroxylation is 1. The monoisotopic (exact) mass is 394 g/mol. The van der Waals surface area contributed by atoms with Crippen LogP contribution in [0.3, 0.4) is 0 Å². The second-order valence-corrected chi connectivity index (χ2v) is 7.18. The zero-order chi connectivity index (χ0) is 20.0. The van der Waals surface area contributed by atoms with Crippen molar-refractivity contribution in [1.82, 2.24) is 24.6 Å². The third-order valence-corrected chi connectivity index (χ3v) is 5.24. The van der Waals surface area contributed by atoms with Gasteiger partial charge in [0, 0.05) is 23.3 Å². The highest BCUT2D eigenvalue weighted by atomic mass is 19.1. The molecule has 1 fully saturated rings. The molecule has 2 atom stereocenters. The number of aromatic nitrogens is 5. The molecule has 4 heterocycles. The van der Waals surface area contributed by atoms with E-state index < -0.39 is 11.9 Å². The fraction of sp³-hybridized carbons (Fsp3) is 0.300. The van der Waals surface area contributed by atoms with E-state index in [0.717, 1.165) is 28.3 Å². The number of hydrogen-bond donors (Lipinski definition) is 2. The topological polar surface area (TPSA) is 97.5 Å². The van der Waals surface area contributed by atoms with E-state index in [1.54, 1.807) is 6.33 Å². The Labute approximate surface area is 165 Å². The van der Waals surface area contributed by atoms with Crippen LogP contribution in [-0.2, 0) is 4.74 Å². The lowest BCUT2D eigenvalue weighted by Crippen LogP contribution is -2.42. The minimum Gasteiger partial charge on any atom is -0.389 e. The van der Waals surface area contributed by atoms with E-state index in [1.807, 2.05) is 35.6 Å². The molecule has 0 spiro atoms. The molecule has 1 saturated heterocycles. The van der Waals surface area contributed by atoms with E-state index in [1.165, 1.54) is 0 Å². The minimum absolute atomic E-state index is 0.199. The van der Waals surface area contributed by atoms with Gasteiger partial charge in [0.2, 0.25) is 5.95 Å². The Kier molecular flexibility index (Phi) is 4.33. The van der Waals surface area contributed by atoms with Gasteiger partial charge in [-0.1, -0.05) is 6.07 Å². The largest absolute Gasteiger partial charge is 0.389 e. The maximum absolute atomic E-state index is 14.5. The normalized spacial score (nSPS) is 19.7. The summed E-state index contributed by atoms with van der Waals surface area (Å²) in [6.45, 7) is 2.77. The van der Waals surface area contributed by atoms with Crippen molar-refractivity contribution in [3.63, 3.8) is 0 Å². The number of aliphatic hydroxyl groups excluding tert-OH is 1. The van der Waals surface area contributed by atoms with Gasteiger partial charge in [0.05, 0.1) is 24.9 Å². The Morgan fingerprint density at radius 1 is 1.31 bits per heavy atom. The van der Waals surface area contributed by atoms with Crippen molar-refractivity contribution in [2.75, 3.05) is 18.5 Å². The molecule has 0 radical (unpaired) electrons. The second-order valence-electron chi connectivity index (χ2n) is 7.18. The number of hydrogen-bond acceptors (Lipinski definition) is 7. The predicted octanol–water partition coefficient (Wildman–Crippen LogP) is 2.35. The summed E-state index contributed by atoms with van der Waals surface area (Å²) in [5, 5.41) is 23.2. The first kappa shape index (κ1) is 17.9. The third-order valence-electron chi connectivity index (χ3n) is 5.24. The van der Waals surface area contributed by atoms with Gasteiger partial charge < -0.3 is 15.2 Å². The van der Waals surface area contributed by atoms with E-state index in [9.17, 15) is 9.50 Å². The number of nitrogens with one attached hydrogen (secondary N) is 1. The van der Waals surface area contributed by atoms with Crippen molar-refractivity contribution in [2.45, 2.75) is 25.5 Å². The molecule has 0 bridgehead atoms. The van der Waals surface area contributed by atoms with Crippen molar-refractivity contribution in [1.29, 1.82) is 0 Å². The molecule has 9 heteroatoms. The molecule has 5 rings (SSSR count). The fourth-order valence-electron chi connectivity index (χ4n) is 3.70. The van der Waals surface area contributed by atoms with Gasteiger partial charge in [-0.2, -0.15) is 0 Å². The average Bonchev–Trinajstić information content (AvgIpc) is 3.22. The lowest BCUT2D eigenvalue weighted by molar-refractivity contribution is -0.0136. The van der Waals surface area contributed by atoms with Gasteiger partial charge in [-0.15, -0.1) is 10.2 Å². The second kappa shape index (κ2) is 7.02. The van der Waals surface area contributed by atoms with Crippen LogP contribution in [0.2, 0.25) is 0 Å². The maximum atomic E-state index is 14.5. The molecule has 0 saturated carbocycles. The van der Waals surface area contributed by atoms with Gasteiger partial charge in [0.25, 0.3) is 0 Å². The van der Waals surface area contributed by atoms with E-state index in [4.69, 9.17) is 4.74 Å². The molecule has 29 heavy (non-hydrogen) atoms. The Morgan fingerprint density at radius 2 is 2.21 bits per heavy atom. The van der Waals surface area contributed by atoms with Crippen LogP contribution in [0, 0.1) is 12.7 Å². The molecule has 148 valence electrons. The number of nitrogens with zero attached hydrogens (tertiary/aromatic N) is 5.